The molecular formula is C25H32N2O4. The number of amides is 1. The number of rotatable bonds is 10. The van der Waals surface area contributed by atoms with E-state index in [0.29, 0.717) is 26.0 Å². The minimum absolute atomic E-state index is 0.176. The summed E-state index contributed by atoms with van der Waals surface area (Å²) in [5.41, 5.74) is 1.95. The van der Waals surface area contributed by atoms with Crippen LogP contribution in [0.4, 0.5) is 4.79 Å². The van der Waals surface area contributed by atoms with Gasteiger partial charge in [-0.25, -0.2) is 4.79 Å². The van der Waals surface area contributed by atoms with E-state index in [9.17, 15) is 9.59 Å². The highest BCUT2D eigenvalue weighted by atomic mass is 16.6. The SMILES string of the molecule is O=C(CCCCN(C(=O)OCc1ccccc1)C1CCNCC1)OCc1ccccc1. The summed E-state index contributed by atoms with van der Waals surface area (Å²) in [6.45, 7) is 2.96. The van der Waals surface area contributed by atoms with Crippen LogP contribution in [-0.2, 0) is 27.5 Å². The lowest BCUT2D eigenvalue weighted by atomic mass is 10.0. The molecule has 2 aromatic carbocycles. The van der Waals surface area contributed by atoms with Crippen LogP contribution >= 0.6 is 0 Å². The summed E-state index contributed by atoms with van der Waals surface area (Å²) < 4.78 is 10.9. The van der Waals surface area contributed by atoms with Crippen molar-refractivity contribution in [3.8, 4) is 0 Å². The van der Waals surface area contributed by atoms with Gasteiger partial charge in [0.25, 0.3) is 0 Å². The first kappa shape index (κ1) is 22.8. The van der Waals surface area contributed by atoms with Crippen molar-refractivity contribution < 1.29 is 19.1 Å². The largest absolute Gasteiger partial charge is 0.461 e. The Kier molecular flexibility index (Phi) is 9.38. The van der Waals surface area contributed by atoms with Gasteiger partial charge in [0.05, 0.1) is 0 Å². The van der Waals surface area contributed by atoms with Crippen molar-refractivity contribution in [2.45, 2.75) is 51.4 Å². The minimum atomic E-state index is -0.276. The molecule has 3 rings (SSSR count). The fraction of sp³-hybridized carbons (Fsp3) is 0.440. The van der Waals surface area contributed by atoms with Crippen LogP contribution in [0.5, 0.6) is 0 Å². The molecule has 0 bridgehead atoms. The second kappa shape index (κ2) is 12.7. The molecule has 6 nitrogen and oxygen atoms in total. The number of unbranched alkanes of at least 4 members (excludes halogenated alkanes) is 1. The van der Waals surface area contributed by atoms with E-state index < -0.39 is 0 Å². The first-order chi connectivity index (χ1) is 15.2. The van der Waals surface area contributed by atoms with Gasteiger partial charge in [0.1, 0.15) is 13.2 Å². The zero-order valence-electron chi connectivity index (χ0n) is 18.0. The standard InChI is InChI=1S/C25H32N2O4/c28-24(30-19-21-9-3-1-4-10-21)13-7-8-18-27(23-14-16-26-17-15-23)25(29)31-20-22-11-5-2-6-12-22/h1-6,9-12,23,26H,7-8,13-20H2. The van der Waals surface area contributed by atoms with Crippen molar-refractivity contribution in [1.29, 1.82) is 0 Å². The number of piperidine rings is 1. The number of benzene rings is 2. The van der Waals surface area contributed by atoms with Gasteiger partial charge in [0, 0.05) is 19.0 Å². The van der Waals surface area contributed by atoms with E-state index in [1.165, 1.54) is 0 Å². The van der Waals surface area contributed by atoms with Gasteiger partial charge in [-0.15, -0.1) is 0 Å². The summed E-state index contributed by atoms with van der Waals surface area (Å²) in [7, 11) is 0. The van der Waals surface area contributed by atoms with E-state index in [0.717, 1.165) is 43.5 Å². The predicted molar refractivity (Wildman–Crippen MR) is 119 cm³/mol. The number of ether oxygens (including phenoxy) is 2. The Morgan fingerprint density at radius 2 is 1.42 bits per heavy atom. The maximum absolute atomic E-state index is 12.8. The third-order valence-electron chi connectivity index (χ3n) is 5.46. The van der Waals surface area contributed by atoms with Gasteiger partial charge >= 0.3 is 12.1 Å². The Bertz CT molecular complexity index is 792. The number of esters is 1. The second-order valence-electron chi connectivity index (χ2n) is 7.82. The molecule has 166 valence electrons. The van der Waals surface area contributed by atoms with Crippen LogP contribution in [0.2, 0.25) is 0 Å². The maximum atomic E-state index is 12.8. The Hall–Kier alpha value is -2.86. The molecule has 0 aromatic heterocycles. The lowest BCUT2D eigenvalue weighted by molar-refractivity contribution is -0.145. The third kappa shape index (κ3) is 8.06. The molecule has 0 aliphatic carbocycles. The Morgan fingerprint density at radius 3 is 2.03 bits per heavy atom. The first-order valence-electron chi connectivity index (χ1n) is 11.1. The van der Waals surface area contributed by atoms with Gasteiger partial charge in [-0.1, -0.05) is 60.7 Å². The van der Waals surface area contributed by atoms with Gasteiger partial charge in [0.2, 0.25) is 0 Å². The van der Waals surface area contributed by atoms with E-state index in [-0.39, 0.29) is 24.7 Å². The lowest BCUT2D eigenvalue weighted by Crippen LogP contribution is -2.46. The maximum Gasteiger partial charge on any atom is 0.410 e. The summed E-state index contributed by atoms with van der Waals surface area (Å²) in [4.78, 5) is 26.7. The van der Waals surface area contributed by atoms with Gasteiger partial charge in [-0.2, -0.15) is 0 Å². The number of hydrogen-bond acceptors (Lipinski definition) is 5. The van der Waals surface area contributed by atoms with E-state index in [1.807, 2.05) is 65.6 Å². The fourth-order valence-corrected chi connectivity index (χ4v) is 3.71. The molecule has 1 heterocycles. The normalized spacial score (nSPS) is 14.1. The molecule has 1 fully saturated rings. The highest BCUT2D eigenvalue weighted by Crippen LogP contribution is 2.16. The number of nitrogens with one attached hydrogen (secondary N) is 1. The van der Waals surface area contributed by atoms with Crippen molar-refractivity contribution in [1.82, 2.24) is 10.2 Å². The molecular weight excluding hydrogens is 392 g/mol. The third-order valence-corrected chi connectivity index (χ3v) is 5.46. The first-order valence-corrected chi connectivity index (χ1v) is 11.1. The molecule has 1 N–H and O–H groups in total. The summed E-state index contributed by atoms with van der Waals surface area (Å²) in [6, 6.07) is 19.5. The van der Waals surface area contributed by atoms with Gasteiger partial charge in [-0.3, -0.25) is 4.79 Å². The van der Waals surface area contributed by atoms with Crippen LogP contribution in [0, 0.1) is 0 Å². The summed E-state index contributed by atoms with van der Waals surface area (Å²) in [5, 5.41) is 3.34. The zero-order chi connectivity index (χ0) is 21.7. The van der Waals surface area contributed by atoms with Gasteiger partial charge < -0.3 is 19.7 Å². The molecule has 0 spiro atoms. The molecule has 2 aromatic rings. The van der Waals surface area contributed by atoms with Crippen LogP contribution in [0.15, 0.2) is 60.7 Å². The molecule has 0 radical (unpaired) electrons. The average Bonchev–Trinajstić information content (AvgIpc) is 2.83. The smallest absolute Gasteiger partial charge is 0.410 e. The van der Waals surface area contributed by atoms with Crippen molar-refractivity contribution >= 4 is 12.1 Å². The zero-order valence-corrected chi connectivity index (χ0v) is 18.0. The molecule has 1 aliphatic heterocycles. The highest BCUT2D eigenvalue weighted by Gasteiger charge is 2.26. The Balaban J connectivity index is 1.42. The van der Waals surface area contributed by atoms with Gasteiger partial charge in [0.15, 0.2) is 0 Å². The van der Waals surface area contributed by atoms with Crippen molar-refractivity contribution in [2.75, 3.05) is 19.6 Å². The topological polar surface area (TPSA) is 67.9 Å². The molecule has 1 aliphatic rings. The van der Waals surface area contributed by atoms with E-state index in [4.69, 9.17) is 9.47 Å². The summed E-state index contributed by atoms with van der Waals surface area (Å²) >= 11 is 0. The Labute approximate surface area is 184 Å². The van der Waals surface area contributed by atoms with Crippen molar-refractivity contribution in [3.63, 3.8) is 0 Å². The molecule has 0 atom stereocenters. The quantitative estimate of drug-likeness (QED) is 0.455. The molecule has 1 saturated heterocycles. The lowest BCUT2D eigenvalue weighted by Gasteiger charge is -2.34. The number of carbonyl (C=O) groups is 2. The molecule has 0 unspecified atom stereocenters. The van der Waals surface area contributed by atoms with E-state index >= 15 is 0 Å². The monoisotopic (exact) mass is 424 g/mol. The van der Waals surface area contributed by atoms with E-state index in [2.05, 4.69) is 5.32 Å². The predicted octanol–water partition coefficient (Wildman–Crippen LogP) is 4.29. The van der Waals surface area contributed by atoms with Gasteiger partial charge in [-0.05, 0) is 49.9 Å². The number of carbonyl (C=O) groups excluding carboxylic acids is 2. The molecule has 31 heavy (non-hydrogen) atoms. The number of hydrogen-bond donors (Lipinski definition) is 1. The van der Waals surface area contributed by atoms with Crippen LogP contribution in [-0.4, -0.2) is 42.6 Å². The molecule has 6 heteroatoms. The van der Waals surface area contributed by atoms with Crippen LogP contribution in [0.1, 0.15) is 43.2 Å². The van der Waals surface area contributed by atoms with Crippen LogP contribution in [0.3, 0.4) is 0 Å². The molecule has 1 amide bonds. The summed E-state index contributed by atoms with van der Waals surface area (Å²) in [5.74, 6) is -0.205. The van der Waals surface area contributed by atoms with Crippen molar-refractivity contribution in [2.24, 2.45) is 0 Å². The highest BCUT2D eigenvalue weighted by molar-refractivity contribution is 5.69. The average molecular weight is 425 g/mol. The van der Waals surface area contributed by atoms with Crippen LogP contribution < -0.4 is 5.32 Å². The minimum Gasteiger partial charge on any atom is -0.461 e. The van der Waals surface area contributed by atoms with Crippen molar-refractivity contribution in [3.05, 3.63) is 71.8 Å². The van der Waals surface area contributed by atoms with Crippen LogP contribution in [0.25, 0.3) is 0 Å². The Morgan fingerprint density at radius 1 is 0.839 bits per heavy atom. The van der Waals surface area contributed by atoms with E-state index in [1.54, 1.807) is 0 Å². The second-order valence-corrected chi connectivity index (χ2v) is 7.82. The molecule has 0 saturated carbocycles. The number of nitrogens with zero attached hydrogens (tertiary/aromatic N) is 1. The fourth-order valence-electron chi connectivity index (χ4n) is 3.71. The summed E-state index contributed by atoms with van der Waals surface area (Å²) in [6.07, 6.45) is 3.33.